The number of nitrogens with zero attached hydrogens (tertiary/aromatic N) is 2. The van der Waals surface area contributed by atoms with Gasteiger partial charge in [0, 0.05) is 37.1 Å². The van der Waals surface area contributed by atoms with Crippen molar-refractivity contribution < 1.29 is 52.0 Å². The molecule has 52 heavy (non-hydrogen) atoms. The van der Waals surface area contributed by atoms with Crippen molar-refractivity contribution in [2.45, 2.75) is 32.6 Å². The van der Waals surface area contributed by atoms with Crippen LogP contribution in [0.3, 0.4) is 0 Å². The van der Waals surface area contributed by atoms with Gasteiger partial charge in [0.1, 0.15) is 12.4 Å². The number of benzene rings is 3. The molecule has 0 radical (unpaired) electrons. The first-order valence-corrected chi connectivity index (χ1v) is 18.4. The second-order valence-electron chi connectivity index (χ2n) is 13.4. The second-order valence-corrected chi connectivity index (χ2v) is 15.2. The third-order valence-electron chi connectivity index (χ3n) is 8.38. The van der Waals surface area contributed by atoms with Crippen LogP contribution in [0, 0.1) is 0 Å². The Morgan fingerprint density at radius 1 is 0.942 bits per heavy atom. The summed E-state index contributed by atoms with van der Waals surface area (Å²) in [4.78, 5) is 52.9. The van der Waals surface area contributed by atoms with E-state index in [2.05, 4.69) is 14.9 Å². The smallest absolute Gasteiger partial charge is 0.317 e. The minimum Gasteiger partial charge on any atom is -0.492 e. The van der Waals surface area contributed by atoms with Crippen LogP contribution in [0.25, 0.3) is 10.8 Å². The molecule has 1 aliphatic rings. The van der Waals surface area contributed by atoms with Gasteiger partial charge < -0.3 is 29.7 Å². The maximum Gasteiger partial charge on any atom is 0.317 e. The molecule has 1 heterocycles. The van der Waals surface area contributed by atoms with E-state index < -0.39 is 57.9 Å². The van der Waals surface area contributed by atoms with Gasteiger partial charge in [-0.3, -0.25) is 33.7 Å². The summed E-state index contributed by atoms with van der Waals surface area (Å²) in [6.45, 7) is 8.60. The number of hydrogen-bond donors (Lipinski definition) is 4. The molecule has 0 aromatic heterocycles. The lowest BCUT2D eigenvalue weighted by molar-refractivity contribution is -0.141. The monoisotopic (exact) mass is 742 g/mol. The largest absolute Gasteiger partial charge is 0.492 e. The van der Waals surface area contributed by atoms with E-state index >= 15 is 0 Å². The molecule has 0 aliphatic carbocycles. The minimum absolute atomic E-state index is 0.00892. The molecule has 16 heteroatoms. The summed E-state index contributed by atoms with van der Waals surface area (Å²) in [5.74, 6) is -4.21. The van der Waals surface area contributed by atoms with Crippen LogP contribution < -0.4 is 19.5 Å². The zero-order valence-corrected chi connectivity index (χ0v) is 30.6. The Morgan fingerprint density at radius 2 is 1.58 bits per heavy atom. The Hall–Kier alpha value is -4.77. The van der Waals surface area contributed by atoms with Crippen molar-refractivity contribution in [3.63, 3.8) is 0 Å². The molecule has 4 N–H and O–H groups in total. The molecule has 0 bridgehead atoms. The SMILES string of the molecule is COc1c(NC(=O)C(=O)c2ccc(OCCN3CCOCC3)c3ccccc23)cc(C(C)(C)C)cc1NS(=O)(=O)CCCN(CC(=O)O)CC(=O)O. The predicted molar refractivity (Wildman–Crippen MR) is 195 cm³/mol. The van der Waals surface area contributed by atoms with Crippen LogP contribution in [0.15, 0.2) is 48.5 Å². The van der Waals surface area contributed by atoms with Crippen molar-refractivity contribution in [1.82, 2.24) is 9.80 Å². The molecule has 4 rings (SSSR count). The number of fused-ring (bicyclic) bond motifs is 1. The maximum absolute atomic E-state index is 13.7. The highest BCUT2D eigenvalue weighted by Gasteiger charge is 2.26. The highest BCUT2D eigenvalue weighted by molar-refractivity contribution is 7.92. The van der Waals surface area contributed by atoms with E-state index in [1.165, 1.54) is 7.11 Å². The van der Waals surface area contributed by atoms with Gasteiger partial charge in [0.2, 0.25) is 10.0 Å². The molecular weight excluding hydrogens is 696 g/mol. The van der Waals surface area contributed by atoms with Gasteiger partial charge in [0.05, 0.1) is 50.5 Å². The molecule has 15 nitrogen and oxygen atoms in total. The number of sulfonamides is 1. The summed E-state index contributed by atoms with van der Waals surface area (Å²) in [6, 6.07) is 13.5. The normalized spacial score (nSPS) is 13.9. The van der Waals surface area contributed by atoms with Crippen LogP contribution in [0.5, 0.6) is 11.5 Å². The van der Waals surface area contributed by atoms with Crippen LogP contribution >= 0.6 is 0 Å². The number of ether oxygens (including phenoxy) is 3. The Labute approximate surface area is 302 Å². The van der Waals surface area contributed by atoms with E-state index in [1.807, 2.05) is 32.9 Å². The molecule has 3 aromatic carbocycles. The predicted octanol–water partition coefficient (Wildman–Crippen LogP) is 3.28. The number of ketones is 1. The molecule has 282 valence electrons. The molecule has 1 aliphatic heterocycles. The summed E-state index contributed by atoms with van der Waals surface area (Å²) in [6.07, 6.45) is -0.0685. The number of amides is 1. The number of nitrogens with one attached hydrogen (secondary N) is 2. The average molecular weight is 743 g/mol. The summed E-state index contributed by atoms with van der Waals surface area (Å²) in [5, 5.41) is 22.0. The van der Waals surface area contributed by atoms with E-state index in [0.29, 0.717) is 48.5 Å². The third kappa shape index (κ3) is 11.1. The Bertz CT molecular complexity index is 1870. The summed E-state index contributed by atoms with van der Waals surface area (Å²) in [7, 11) is -2.79. The molecule has 0 spiro atoms. The topological polar surface area (TPSA) is 201 Å². The van der Waals surface area contributed by atoms with Crippen molar-refractivity contribution in [2.24, 2.45) is 0 Å². The summed E-state index contributed by atoms with van der Waals surface area (Å²) in [5.41, 5.74) is 0.312. The molecular formula is C36H46N4O11S. The van der Waals surface area contributed by atoms with E-state index in [9.17, 15) is 27.6 Å². The molecule has 0 unspecified atom stereocenters. The fourth-order valence-electron chi connectivity index (χ4n) is 5.75. The van der Waals surface area contributed by atoms with E-state index in [4.69, 9.17) is 24.4 Å². The van der Waals surface area contributed by atoms with Crippen molar-refractivity contribution >= 4 is 55.8 Å². The van der Waals surface area contributed by atoms with Gasteiger partial charge in [-0.25, -0.2) is 8.42 Å². The quantitative estimate of drug-likeness (QED) is 0.109. The molecule has 1 fully saturated rings. The molecule has 3 aromatic rings. The number of anilines is 2. The van der Waals surface area contributed by atoms with E-state index in [0.717, 1.165) is 18.0 Å². The zero-order chi connectivity index (χ0) is 38.1. The van der Waals surface area contributed by atoms with Crippen LogP contribution in [-0.4, -0.2) is 124 Å². The summed E-state index contributed by atoms with van der Waals surface area (Å²) < 4.78 is 45.9. The number of carboxylic acids is 2. The van der Waals surface area contributed by atoms with Crippen molar-refractivity contribution in [1.29, 1.82) is 0 Å². The number of carboxylic acid groups (broad SMARTS) is 2. The van der Waals surface area contributed by atoms with Gasteiger partial charge in [0.25, 0.3) is 11.7 Å². The van der Waals surface area contributed by atoms with Crippen LogP contribution in [0.4, 0.5) is 11.4 Å². The number of morpholine rings is 1. The van der Waals surface area contributed by atoms with Gasteiger partial charge >= 0.3 is 11.9 Å². The van der Waals surface area contributed by atoms with Crippen molar-refractivity contribution in [3.05, 3.63) is 59.7 Å². The average Bonchev–Trinajstić information content (AvgIpc) is 3.07. The van der Waals surface area contributed by atoms with E-state index in [-0.39, 0.29) is 35.7 Å². The van der Waals surface area contributed by atoms with Crippen LogP contribution in [0.1, 0.15) is 43.1 Å². The number of carbonyl (C=O) groups excluding carboxylic acids is 2. The zero-order valence-electron chi connectivity index (χ0n) is 29.8. The number of methoxy groups -OCH3 is 1. The lowest BCUT2D eigenvalue weighted by Crippen LogP contribution is -2.38. The van der Waals surface area contributed by atoms with Crippen LogP contribution in [-0.2, 0) is 34.6 Å². The number of aliphatic carboxylic acids is 2. The number of Topliss-reactive ketones (excluding diaryl/α,β-unsaturated/α-hetero) is 1. The van der Waals surface area contributed by atoms with Gasteiger partial charge in [-0.1, -0.05) is 45.0 Å². The molecule has 0 saturated carbocycles. The highest BCUT2D eigenvalue weighted by atomic mass is 32.2. The Morgan fingerprint density at radius 3 is 2.19 bits per heavy atom. The van der Waals surface area contributed by atoms with Gasteiger partial charge in [-0.15, -0.1) is 0 Å². The van der Waals surface area contributed by atoms with Gasteiger partial charge in [0.15, 0.2) is 5.75 Å². The standard InChI is InChI=1S/C36H46N4O11S/c1-36(2,3)24-20-28(34(49-4)29(21-24)38-52(47,48)19-7-12-40(22-31(41)42)23-32(43)44)37-35(46)33(45)27-10-11-30(26-9-6-5-8-25(26)27)51-18-15-39-13-16-50-17-14-39/h5-6,8-11,20-21,38H,7,12-19,22-23H2,1-4H3,(H,37,46)(H,41,42)(H,43,44). The van der Waals surface area contributed by atoms with Gasteiger partial charge in [-0.2, -0.15) is 0 Å². The lowest BCUT2D eigenvalue weighted by atomic mass is 9.86. The molecule has 1 amide bonds. The fraction of sp³-hybridized carbons (Fsp3) is 0.444. The highest BCUT2D eigenvalue weighted by Crippen LogP contribution is 2.39. The Balaban J connectivity index is 1.55. The number of hydrogen-bond acceptors (Lipinski definition) is 11. The fourth-order valence-corrected chi connectivity index (χ4v) is 6.85. The van der Waals surface area contributed by atoms with E-state index in [1.54, 1.807) is 36.4 Å². The maximum atomic E-state index is 13.7. The second kappa shape index (κ2) is 17.6. The first kappa shape index (κ1) is 40.0. The lowest BCUT2D eigenvalue weighted by Gasteiger charge is -2.26. The molecule has 1 saturated heterocycles. The van der Waals surface area contributed by atoms with Crippen molar-refractivity contribution in [3.8, 4) is 11.5 Å². The number of carbonyl (C=O) groups is 4. The first-order chi connectivity index (χ1) is 24.6. The van der Waals surface area contributed by atoms with Crippen LogP contribution in [0.2, 0.25) is 0 Å². The van der Waals surface area contributed by atoms with Crippen molar-refractivity contribution in [2.75, 3.05) is 82.0 Å². The summed E-state index contributed by atoms with van der Waals surface area (Å²) >= 11 is 0. The van der Waals surface area contributed by atoms with Gasteiger partial charge in [-0.05, 0) is 47.1 Å². The third-order valence-corrected chi connectivity index (χ3v) is 9.74. The Kier molecular flexibility index (Phi) is 13.6. The molecule has 0 atom stereocenters. The minimum atomic E-state index is -4.08. The number of rotatable bonds is 18. The first-order valence-electron chi connectivity index (χ1n) is 16.8.